The van der Waals surface area contributed by atoms with Crippen LogP contribution in [0.3, 0.4) is 0 Å². The summed E-state index contributed by atoms with van der Waals surface area (Å²) in [5.41, 5.74) is 0.864. The highest BCUT2D eigenvalue weighted by Crippen LogP contribution is 2.35. The lowest BCUT2D eigenvalue weighted by molar-refractivity contribution is -0.0511. The fraction of sp³-hybridized carbons (Fsp3) is 0.174. The van der Waals surface area contributed by atoms with E-state index in [1.165, 1.54) is 25.4 Å². The van der Waals surface area contributed by atoms with Gasteiger partial charge in [0.05, 0.1) is 25.5 Å². The molecule has 10 heteroatoms. The van der Waals surface area contributed by atoms with Crippen LogP contribution < -0.4 is 19.5 Å². The second-order valence-electron chi connectivity index (χ2n) is 6.53. The van der Waals surface area contributed by atoms with E-state index in [-0.39, 0.29) is 40.8 Å². The lowest BCUT2D eigenvalue weighted by atomic mass is 10.1. The molecule has 0 saturated carbocycles. The number of alkyl halides is 2. The van der Waals surface area contributed by atoms with Crippen LogP contribution in [0.25, 0.3) is 0 Å². The number of halogens is 2. The number of esters is 1. The molecule has 1 N–H and O–H groups in total. The molecule has 2 aromatic carbocycles. The summed E-state index contributed by atoms with van der Waals surface area (Å²) in [4.78, 5) is 29.1. The second kappa shape index (κ2) is 10.9. The van der Waals surface area contributed by atoms with Crippen LogP contribution in [0.1, 0.15) is 26.3 Å². The maximum absolute atomic E-state index is 12.8. The van der Waals surface area contributed by atoms with Crippen molar-refractivity contribution in [2.24, 2.45) is 0 Å². The van der Waals surface area contributed by atoms with Gasteiger partial charge in [0.2, 0.25) is 5.88 Å². The van der Waals surface area contributed by atoms with E-state index in [2.05, 4.69) is 15.0 Å². The average Bonchev–Trinajstić information content (AvgIpc) is 2.83. The normalized spacial score (nSPS) is 10.5. The van der Waals surface area contributed by atoms with Crippen molar-refractivity contribution in [3.8, 4) is 17.4 Å². The van der Waals surface area contributed by atoms with Gasteiger partial charge in [-0.2, -0.15) is 8.78 Å². The van der Waals surface area contributed by atoms with E-state index in [1.807, 2.05) is 30.3 Å². The Bertz CT molecular complexity index is 1130. The van der Waals surface area contributed by atoms with Gasteiger partial charge in [0.15, 0.2) is 11.5 Å². The molecule has 3 aromatic rings. The van der Waals surface area contributed by atoms with Crippen molar-refractivity contribution in [1.29, 1.82) is 0 Å². The first-order chi connectivity index (χ1) is 15.9. The summed E-state index contributed by atoms with van der Waals surface area (Å²) < 4.78 is 45.3. The number of benzene rings is 2. The molecule has 1 heterocycles. The van der Waals surface area contributed by atoms with Gasteiger partial charge in [0.25, 0.3) is 5.91 Å². The molecule has 3 rings (SSSR count). The molecule has 0 aliphatic carbocycles. The minimum Gasteiger partial charge on any atom is -0.493 e. The Kier molecular flexibility index (Phi) is 7.74. The zero-order valence-electron chi connectivity index (χ0n) is 17.7. The number of hydrogen-bond acceptors (Lipinski definition) is 7. The number of aromatic nitrogens is 1. The number of ether oxygens (including phenoxy) is 4. The van der Waals surface area contributed by atoms with Crippen LogP contribution in [0.15, 0.2) is 60.8 Å². The number of anilines is 1. The Morgan fingerprint density at radius 2 is 1.79 bits per heavy atom. The Balaban J connectivity index is 1.84. The van der Waals surface area contributed by atoms with E-state index in [0.717, 1.165) is 24.8 Å². The molecule has 0 radical (unpaired) electrons. The molecule has 1 aromatic heterocycles. The van der Waals surface area contributed by atoms with Crippen molar-refractivity contribution in [2.45, 2.75) is 13.2 Å². The molecule has 33 heavy (non-hydrogen) atoms. The van der Waals surface area contributed by atoms with Crippen LogP contribution in [0.4, 0.5) is 14.5 Å². The number of hydrogen-bond donors (Lipinski definition) is 1. The topological polar surface area (TPSA) is 96.0 Å². The van der Waals surface area contributed by atoms with Crippen molar-refractivity contribution < 1.29 is 37.3 Å². The first-order valence-electron chi connectivity index (χ1n) is 9.60. The standard InChI is InChI=1S/C23H20F2N2O6/c1-30-18-11-16(22(29)31-2)17(12-19(18)33-23(24)25)27-21(28)15-8-9-26-20(10-15)32-13-14-6-4-3-5-7-14/h3-12,23H,13H2,1-2H3,(H,27,28). The molecule has 0 bridgehead atoms. The Morgan fingerprint density at radius 1 is 1.03 bits per heavy atom. The molecule has 0 unspecified atom stereocenters. The largest absolute Gasteiger partial charge is 0.493 e. The first-order valence-corrected chi connectivity index (χ1v) is 9.60. The monoisotopic (exact) mass is 458 g/mol. The fourth-order valence-corrected chi connectivity index (χ4v) is 2.85. The number of pyridine rings is 1. The van der Waals surface area contributed by atoms with Gasteiger partial charge in [-0.25, -0.2) is 9.78 Å². The molecule has 0 aliphatic rings. The molecule has 0 fully saturated rings. The molecule has 1 amide bonds. The Labute approximate surface area is 188 Å². The maximum Gasteiger partial charge on any atom is 0.387 e. The van der Waals surface area contributed by atoms with Gasteiger partial charge in [-0.1, -0.05) is 30.3 Å². The summed E-state index contributed by atoms with van der Waals surface area (Å²) in [6, 6.07) is 14.4. The van der Waals surface area contributed by atoms with Gasteiger partial charge in [-0.3, -0.25) is 4.79 Å². The smallest absolute Gasteiger partial charge is 0.387 e. The van der Waals surface area contributed by atoms with Crippen LogP contribution in [-0.2, 0) is 11.3 Å². The SMILES string of the molecule is COC(=O)c1cc(OC)c(OC(F)F)cc1NC(=O)c1ccnc(OCc2ccccc2)c1. The van der Waals surface area contributed by atoms with Crippen molar-refractivity contribution >= 4 is 17.6 Å². The molecule has 172 valence electrons. The highest BCUT2D eigenvalue weighted by Gasteiger charge is 2.21. The summed E-state index contributed by atoms with van der Waals surface area (Å²) in [7, 11) is 2.37. The van der Waals surface area contributed by atoms with Crippen molar-refractivity contribution in [3.05, 3.63) is 77.5 Å². The third-order valence-corrected chi connectivity index (χ3v) is 4.40. The van der Waals surface area contributed by atoms with E-state index < -0.39 is 18.5 Å². The minimum atomic E-state index is -3.14. The van der Waals surface area contributed by atoms with E-state index >= 15 is 0 Å². The summed E-state index contributed by atoms with van der Waals surface area (Å²) in [5, 5.41) is 2.50. The lowest BCUT2D eigenvalue weighted by Crippen LogP contribution is -2.16. The van der Waals surface area contributed by atoms with Crippen LogP contribution in [0.2, 0.25) is 0 Å². The van der Waals surface area contributed by atoms with E-state index in [9.17, 15) is 18.4 Å². The number of methoxy groups -OCH3 is 2. The summed E-state index contributed by atoms with van der Waals surface area (Å²) >= 11 is 0. The number of nitrogens with one attached hydrogen (secondary N) is 1. The van der Waals surface area contributed by atoms with Crippen LogP contribution in [0.5, 0.6) is 17.4 Å². The zero-order valence-corrected chi connectivity index (χ0v) is 17.7. The van der Waals surface area contributed by atoms with Gasteiger partial charge < -0.3 is 24.3 Å². The number of rotatable bonds is 9. The van der Waals surface area contributed by atoms with Gasteiger partial charge >= 0.3 is 12.6 Å². The molecule has 0 saturated heterocycles. The quantitative estimate of drug-likeness (QED) is 0.478. The van der Waals surface area contributed by atoms with Gasteiger partial charge in [0.1, 0.15) is 6.61 Å². The van der Waals surface area contributed by atoms with Gasteiger partial charge in [-0.15, -0.1) is 0 Å². The Morgan fingerprint density at radius 3 is 2.45 bits per heavy atom. The average molecular weight is 458 g/mol. The Hall–Kier alpha value is -4.21. The van der Waals surface area contributed by atoms with E-state index in [1.54, 1.807) is 0 Å². The number of nitrogens with zero attached hydrogens (tertiary/aromatic N) is 1. The molecule has 0 aliphatic heterocycles. The van der Waals surface area contributed by atoms with Crippen LogP contribution >= 0.6 is 0 Å². The summed E-state index contributed by atoms with van der Waals surface area (Å²) in [6.07, 6.45) is 1.38. The predicted octanol–water partition coefficient (Wildman–Crippen LogP) is 4.31. The number of carbonyl (C=O) groups is 2. The molecular weight excluding hydrogens is 438 g/mol. The first kappa shape index (κ1) is 23.5. The summed E-state index contributed by atoms with van der Waals surface area (Å²) in [6.45, 7) is -2.89. The molecular formula is C23H20F2N2O6. The van der Waals surface area contributed by atoms with E-state index in [4.69, 9.17) is 14.2 Å². The van der Waals surface area contributed by atoms with Crippen molar-refractivity contribution in [1.82, 2.24) is 4.98 Å². The van der Waals surface area contributed by atoms with Crippen molar-refractivity contribution in [3.63, 3.8) is 0 Å². The zero-order chi connectivity index (χ0) is 23.8. The van der Waals surface area contributed by atoms with Crippen LogP contribution in [-0.4, -0.2) is 37.7 Å². The number of carbonyl (C=O) groups excluding carboxylic acids is 2. The number of amides is 1. The predicted molar refractivity (Wildman–Crippen MR) is 114 cm³/mol. The van der Waals surface area contributed by atoms with Gasteiger partial charge in [-0.05, 0) is 11.6 Å². The third-order valence-electron chi connectivity index (χ3n) is 4.40. The van der Waals surface area contributed by atoms with Crippen molar-refractivity contribution in [2.75, 3.05) is 19.5 Å². The molecule has 0 spiro atoms. The maximum atomic E-state index is 12.8. The lowest BCUT2D eigenvalue weighted by Gasteiger charge is -2.16. The highest BCUT2D eigenvalue weighted by molar-refractivity contribution is 6.08. The minimum absolute atomic E-state index is 0.105. The van der Waals surface area contributed by atoms with Gasteiger partial charge in [0, 0.05) is 30.0 Å². The molecule has 0 atom stereocenters. The fourth-order valence-electron chi connectivity index (χ4n) is 2.85. The second-order valence-corrected chi connectivity index (χ2v) is 6.53. The van der Waals surface area contributed by atoms with Crippen LogP contribution in [0, 0.1) is 0 Å². The third kappa shape index (κ3) is 6.16. The highest BCUT2D eigenvalue weighted by atomic mass is 19.3. The summed E-state index contributed by atoms with van der Waals surface area (Å²) in [5.74, 6) is -1.74. The van der Waals surface area contributed by atoms with E-state index in [0.29, 0.717) is 0 Å². The molecule has 8 nitrogen and oxygen atoms in total.